The molecule has 1 atom stereocenters. The minimum atomic E-state index is -0.371. The first-order valence-corrected chi connectivity index (χ1v) is 14.9. The topological polar surface area (TPSA) is 65.1 Å². The van der Waals surface area contributed by atoms with Gasteiger partial charge < -0.3 is 24.8 Å². The van der Waals surface area contributed by atoms with E-state index in [1.165, 1.54) is 23.3 Å². The van der Waals surface area contributed by atoms with Gasteiger partial charge in [0, 0.05) is 30.1 Å². The molecule has 208 valence electrons. The zero-order valence-corrected chi connectivity index (χ0v) is 24.5. The van der Waals surface area contributed by atoms with Gasteiger partial charge in [-0.25, -0.2) is 4.79 Å². The number of benzene rings is 1. The van der Waals surface area contributed by atoms with E-state index in [1.54, 1.807) is 16.2 Å². The van der Waals surface area contributed by atoms with Crippen molar-refractivity contribution in [3.05, 3.63) is 51.7 Å². The first-order valence-electron chi connectivity index (χ1n) is 14.0. The molecule has 1 N–H and O–H groups in total. The molecule has 3 amide bonds. The molecule has 2 aromatic rings. The number of carbonyl (C=O) groups is 2. The summed E-state index contributed by atoms with van der Waals surface area (Å²) >= 11 is 1.74. The number of hydrogen-bond acceptors (Lipinski definition) is 5. The fraction of sp³-hybridized carbons (Fsp3) is 0.600. The van der Waals surface area contributed by atoms with Gasteiger partial charge in [-0.2, -0.15) is 0 Å². The molecule has 0 aliphatic carbocycles. The van der Waals surface area contributed by atoms with Crippen molar-refractivity contribution in [1.29, 1.82) is 0 Å². The molecule has 1 aromatic carbocycles. The van der Waals surface area contributed by atoms with Crippen molar-refractivity contribution in [1.82, 2.24) is 20.0 Å². The maximum absolute atomic E-state index is 13.8. The molecule has 0 saturated carbocycles. The van der Waals surface area contributed by atoms with E-state index in [2.05, 4.69) is 47.6 Å². The zero-order chi connectivity index (χ0) is 27.3. The van der Waals surface area contributed by atoms with E-state index < -0.39 is 0 Å². The molecule has 2 aliphatic rings. The highest BCUT2D eigenvalue weighted by atomic mass is 32.1. The lowest BCUT2D eigenvalue weighted by molar-refractivity contribution is -0.135. The quantitative estimate of drug-likeness (QED) is 0.470. The Morgan fingerprint density at radius 1 is 1.11 bits per heavy atom. The summed E-state index contributed by atoms with van der Waals surface area (Å²) < 4.78 is 6.23. The van der Waals surface area contributed by atoms with Crippen LogP contribution in [0.25, 0.3) is 0 Å². The molecule has 2 aliphatic heterocycles. The van der Waals surface area contributed by atoms with Gasteiger partial charge in [0.1, 0.15) is 18.9 Å². The Morgan fingerprint density at radius 2 is 1.82 bits per heavy atom. The van der Waals surface area contributed by atoms with E-state index in [9.17, 15) is 9.59 Å². The third-order valence-electron chi connectivity index (χ3n) is 7.35. The second-order valence-corrected chi connectivity index (χ2v) is 12.8. The summed E-state index contributed by atoms with van der Waals surface area (Å²) in [4.78, 5) is 34.3. The van der Waals surface area contributed by atoms with Crippen LogP contribution in [0.1, 0.15) is 75.4 Å². The Hall–Kier alpha value is -2.58. The number of amides is 3. The average molecular weight is 541 g/mol. The molecule has 1 saturated heterocycles. The largest absolute Gasteiger partial charge is 0.491 e. The maximum atomic E-state index is 13.8. The van der Waals surface area contributed by atoms with E-state index in [1.807, 2.05) is 37.8 Å². The third kappa shape index (κ3) is 7.50. The highest BCUT2D eigenvalue weighted by Gasteiger charge is 2.34. The van der Waals surface area contributed by atoms with Gasteiger partial charge in [0.15, 0.2) is 0 Å². The van der Waals surface area contributed by atoms with Crippen LogP contribution in [0.5, 0.6) is 5.75 Å². The number of thiophene rings is 1. The Bertz CT molecular complexity index is 1070. The number of carbonyl (C=O) groups excluding carboxylic acids is 2. The van der Waals surface area contributed by atoms with Gasteiger partial charge in [0.05, 0.1) is 6.04 Å². The van der Waals surface area contributed by atoms with Gasteiger partial charge in [0.2, 0.25) is 5.91 Å². The van der Waals surface area contributed by atoms with Crippen LogP contribution in [-0.4, -0.2) is 78.1 Å². The van der Waals surface area contributed by atoms with Crippen molar-refractivity contribution in [2.45, 2.75) is 71.4 Å². The first kappa shape index (κ1) is 28.4. The predicted molar refractivity (Wildman–Crippen MR) is 154 cm³/mol. The number of urea groups is 1. The Kier molecular flexibility index (Phi) is 9.36. The lowest BCUT2D eigenvalue weighted by Crippen LogP contribution is -2.54. The van der Waals surface area contributed by atoms with Gasteiger partial charge in [-0.1, -0.05) is 26.0 Å². The van der Waals surface area contributed by atoms with E-state index in [0.717, 1.165) is 37.4 Å². The standard InChI is InChI=1S/C30H44N4O3S/c1-22(2)23-8-10-24(11-9-23)37-21-26-25-13-19-38-27(25)12-16-34(26)28(35)20-33(29(36)31-30(3,4)5)18-17-32-14-6-7-15-32/h8-11,13,19,22,26H,6-7,12,14-18,20-21H2,1-5H3,(H,31,36). The zero-order valence-electron chi connectivity index (χ0n) is 23.7. The minimum Gasteiger partial charge on any atom is -0.491 e. The van der Waals surface area contributed by atoms with Crippen LogP contribution in [-0.2, 0) is 11.2 Å². The van der Waals surface area contributed by atoms with Crippen LogP contribution in [0.4, 0.5) is 4.79 Å². The number of ether oxygens (including phenoxy) is 1. The number of hydrogen-bond donors (Lipinski definition) is 1. The fourth-order valence-corrected chi connectivity index (χ4v) is 6.10. The van der Waals surface area contributed by atoms with Gasteiger partial charge >= 0.3 is 6.03 Å². The molecule has 3 heterocycles. The monoisotopic (exact) mass is 540 g/mol. The second-order valence-electron chi connectivity index (χ2n) is 11.8. The highest BCUT2D eigenvalue weighted by molar-refractivity contribution is 7.10. The van der Waals surface area contributed by atoms with E-state index in [4.69, 9.17) is 4.74 Å². The van der Waals surface area contributed by atoms with Crippen molar-refractivity contribution >= 4 is 23.3 Å². The van der Waals surface area contributed by atoms with Crippen molar-refractivity contribution in [3.63, 3.8) is 0 Å². The van der Waals surface area contributed by atoms with Crippen LogP contribution in [0, 0.1) is 0 Å². The molecule has 1 fully saturated rings. The Balaban J connectivity index is 1.47. The lowest BCUT2D eigenvalue weighted by Gasteiger charge is -2.37. The van der Waals surface area contributed by atoms with E-state index in [-0.39, 0.29) is 30.1 Å². The number of nitrogens with zero attached hydrogens (tertiary/aromatic N) is 3. The van der Waals surface area contributed by atoms with Gasteiger partial charge in [0.25, 0.3) is 0 Å². The van der Waals surface area contributed by atoms with Crippen molar-refractivity contribution < 1.29 is 14.3 Å². The average Bonchev–Trinajstić information content (AvgIpc) is 3.56. The molecule has 38 heavy (non-hydrogen) atoms. The minimum absolute atomic E-state index is 0.0314. The molecule has 8 heteroatoms. The normalized spacial score (nSPS) is 17.9. The highest BCUT2D eigenvalue weighted by Crippen LogP contribution is 2.34. The summed E-state index contributed by atoms with van der Waals surface area (Å²) in [6.45, 7) is 14.8. The molecule has 1 unspecified atom stereocenters. The van der Waals surface area contributed by atoms with Crippen LogP contribution >= 0.6 is 11.3 Å². The molecular formula is C30H44N4O3S. The predicted octanol–water partition coefficient (Wildman–Crippen LogP) is 5.28. The summed E-state index contributed by atoms with van der Waals surface area (Å²) in [6, 6.07) is 9.99. The van der Waals surface area contributed by atoms with Crippen molar-refractivity contribution in [2.75, 3.05) is 45.9 Å². The summed E-state index contributed by atoms with van der Waals surface area (Å²) in [7, 11) is 0. The number of nitrogens with one attached hydrogen (secondary N) is 1. The maximum Gasteiger partial charge on any atom is 0.318 e. The molecular weight excluding hydrogens is 496 g/mol. The Morgan fingerprint density at radius 3 is 2.47 bits per heavy atom. The van der Waals surface area contributed by atoms with Gasteiger partial charge in [-0.05, 0) is 93.7 Å². The van der Waals surface area contributed by atoms with Crippen LogP contribution < -0.4 is 10.1 Å². The summed E-state index contributed by atoms with van der Waals surface area (Å²) in [5.74, 6) is 1.24. The molecule has 1 aromatic heterocycles. The van der Waals surface area contributed by atoms with Crippen LogP contribution in [0.15, 0.2) is 35.7 Å². The van der Waals surface area contributed by atoms with Gasteiger partial charge in [-0.15, -0.1) is 11.3 Å². The number of likely N-dealkylation sites (tertiary alicyclic amines) is 1. The van der Waals surface area contributed by atoms with E-state index >= 15 is 0 Å². The summed E-state index contributed by atoms with van der Waals surface area (Å²) in [5.41, 5.74) is 2.06. The summed E-state index contributed by atoms with van der Waals surface area (Å²) in [5, 5.41) is 5.16. The smallest absolute Gasteiger partial charge is 0.318 e. The van der Waals surface area contributed by atoms with Gasteiger partial charge in [-0.3, -0.25) is 4.79 Å². The molecule has 0 bridgehead atoms. The number of rotatable bonds is 9. The molecule has 0 spiro atoms. The molecule has 0 radical (unpaired) electrons. The van der Waals surface area contributed by atoms with Crippen LogP contribution in [0.3, 0.4) is 0 Å². The summed E-state index contributed by atoms with van der Waals surface area (Å²) in [6.07, 6.45) is 3.23. The lowest BCUT2D eigenvalue weighted by atomic mass is 10.00. The number of fused-ring (bicyclic) bond motifs is 1. The van der Waals surface area contributed by atoms with Crippen molar-refractivity contribution in [2.24, 2.45) is 0 Å². The third-order valence-corrected chi connectivity index (χ3v) is 8.35. The first-order chi connectivity index (χ1) is 18.1. The second kappa shape index (κ2) is 12.5. The SMILES string of the molecule is CC(C)c1ccc(OCC2c3ccsc3CCN2C(=O)CN(CCN2CCCC2)C(=O)NC(C)(C)C)cc1. The van der Waals surface area contributed by atoms with Crippen molar-refractivity contribution in [3.8, 4) is 5.75 Å². The van der Waals surface area contributed by atoms with E-state index in [0.29, 0.717) is 25.6 Å². The molecule has 4 rings (SSSR count). The Labute approximate surface area is 232 Å². The fourth-order valence-electron chi connectivity index (χ4n) is 5.17. The molecule has 7 nitrogen and oxygen atoms in total. The van der Waals surface area contributed by atoms with Crippen LogP contribution in [0.2, 0.25) is 0 Å².